The van der Waals surface area contributed by atoms with Crippen LogP contribution in [0.15, 0.2) is 83.3 Å². The van der Waals surface area contributed by atoms with Gasteiger partial charge in [-0.15, -0.1) is 0 Å². The Morgan fingerprint density at radius 3 is 2.21 bits per heavy atom. The highest BCUT2D eigenvalue weighted by atomic mass is 127. The van der Waals surface area contributed by atoms with Crippen LogP contribution in [0.4, 0.5) is 5.69 Å². The summed E-state index contributed by atoms with van der Waals surface area (Å²) >= 11 is 5.62. The van der Waals surface area contributed by atoms with Gasteiger partial charge in [0, 0.05) is 27.1 Å². The van der Waals surface area contributed by atoms with Gasteiger partial charge < -0.3 is 10.2 Å². The third-order valence-corrected chi connectivity index (χ3v) is 8.66. The zero-order valence-electron chi connectivity index (χ0n) is 22.2. The predicted octanol–water partition coefficient (Wildman–Crippen LogP) is 5.37. The summed E-state index contributed by atoms with van der Waals surface area (Å²) in [7, 11) is -3.79. The average molecular weight is 726 g/mol. The molecule has 0 aromatic heterocycles. The van der Waals surface area contributed by atoms with Crippen LogP contribution >= 0.6 is 38.5 Å². The standard InChI is InChI=1S/C29H33BrIN3O4S/c1-4-21(2)32-29(36)27(18-22-9-6-5-7-10-22)33(19-23-11-8-12-24(30)17-23)28(35)20-34(39(3,37)38)26-15-13-25(31)14-16-26/h5-17,21,27H,4,18-20H2,1-3H3,(H,32,36)/t21-,27+/m1/s1. The molecular formula is C29H33BrIN3O4S. The van der Waals surface area contributed by atoms with E-state index >= 15 is 0 Å². The van der Waals surface area contributed by atoms with Crippen LogP contribution in [0.25, 0.3) is 0 Å². The molecule has 0 heterocycles. The summed E-state index contributed by atoms with van der Waals surface area (Å²) in [5, 5.41) is 3.03. The lowest BCUT2D eigenvalue weighted by Gasteiger charge is -2.34. The van der Waals surface area contributed by atoms with Gasteiger partial charge >= 0.3 is 0 Å². The minimum Gasteiger partial charge on any atom is -0.352 e. The van der Waals surface area contributed by atoms with Crippen molar-refractivity contribution in [2.24, 2.45) is 0 Å². The van der Waals surface area contributed by atoms with E-state index in [4.69, 9.17) is 0 Å². The molecule has 0 spiro atoms. The number of hydrogen-bond donors (Lipinski definition) is 1. The summed E-state index contributed by atoms with van der Waals surface area (Å²) in [4.78, 5) is 29.2. The number of carbonyl (C=O) groups is 2. The lowest BCUT2D eigenvalue weighted by Crippen LogP contribution is -2.54. The van der Waals surface area contributed by atoms with Crippen molar-refractivity contribution in [2.45, 2.75) is 45.3 Å². The Morgan fingerprint density at radius 1 is 0.974 bits per heavy atom. The Balaban J connectivity index is 2.05. The van der Waals surface area contributed by atoms with Gasteiger partial charge in [-0.05, 0) is 83.5 Å². The number of carbonyl (C=O) groups excluding carboxylic acids is 2. The van der Waals surface area contributed by atoms with Crippen molar-refractivity contribution in [2.75, 3.05) is 17.1 Å². The maximum absolute atomic E-state index is 14.0. The zero-order chi connectivity index (χ0) is 28.6. The number of sulfonamides is 1. The van der Waals surface area contributed by atoms with E-state index in [0.717, 1.165) is 36.2 Å². The molecule has 2 amide bonds. The molecule has 208 valence electrons. The van der Waals surface area contributed by atoms with Crippen LogP contribution in [-0.4, -0.2) is 50.0 Å². The molecule has 0 aliphatic heterocycles. The quantitative estimate of drug-likeness (QED) is 0.255. The summed E-state index contributed by atoms with van der Waals surface area (Å²) in [6.45, 7) is 3.59. The summed E-state index contributed by atoms with van der Waals surface area (Å²) in [5.41, 5.74) is 2.09. The highest BCUT2D eigenvalue weighted by Crippen LogP contribution is 2.22. The van der Waals surface area contributed by atoms with E-state index in [2.05, 4.69) is 43.8 Å². The number of halogens is 2. The highest BCUT2D eigenvalue weighted by molar-refractivity contribution is 14.1. The Labute approximate surface area is 253 Å². The minimum atomic E-state index is -3.79. The van der Waals surface area contributed by atoms with Gasteiger partial charge in [-0.1, -0.05) is 65.3 Å². The summed E-state index contributed by atoms with van der Waals surface area (Å²) < 4.78 is 28.5. The first-order valence-electron chi connectivity index (χ1n) is 12.6. The van der Waals surface area contributed by atoms with Crippen LogP contribution in [0, 0.1) is 3.57 Å². The van der Waals surface area contributed by atoms with Crippen LogP contribution in [0.3, 0.4) is 0 Å². The van der Waals surface area contributed by atoms with Crippen molar-refractivity contribution in [3.05, 3.63) is 98.0 Å². The SMILES string of the molecule is CC[C@@H](C)NC(=O)[C@H](Cc1ccccc1)N(Cc1cccc(Br)c1)C(=O)CN(c1ccc(I)cc1)S(C)(=O)=O. The number of benzene rings is 3. The smallest absolute Gasteiger partial charge is 0.244 e. The fourth-order valence-corrected chi connectivity index (χ4v) is 5.70. The number of hydrogen-bond acceptors (Lipinski definition) is 4. The molecular weight excluding hydrogens is 693 g/mol. The molecule has 3 aromatic rings. The van der Waals surface area contributed by atoms with Crippen LogP contribution in [0.5, 0.6) is 0 Å². The molecule has 0 saturated carbocycles. The first-order chi connectivity index (χ1) is 18.5. The summed E-state index contributed by atoms with van der Waals surface area (Å²) in [5.74, 6) is -0.754. The molecule has 1 N–H and O–H groups in total. The summed E-state index contributed by atoms with van der Waals surface area (Å²) in [6, 6.07) is 23.0. The average Bonchev–Trinajstić information content (AvgIpc) is 2.89. The largest absolute Gasteiger partial charge is 0.352 e. The normalized spacial score (nSPS) is 12.8. The van der Waals surface area contributed by atoms with Crippen molar-refractivity contribution in [1.29, 1.82) is 0 Å². The van der Waals surface area contributed by atoms with E-state index in [0.29, 0.717) is 5.69 Å². The second kappa shape index (κ2) is 14.3. The van der Waals surface area contributed by atoms with E-state index in [-0.39, 0.29) is 24.9 Å². The Hall–Kier alpha value is -2.44. The Kier molecular flexibility index (Phi) is 11.4. The van der Waals surface area contributed by atoms with Crippen molar-refractivity contribution < 1.29 is 18.0 Å². The molecule has 39 heavy (non-hydrogen) atoms. The van der Waals surface area contributed by atoms with Crippen LogP contribution in [0.2, 0.25) is 0 Å². The van der Waals surface area contributed by atoms with Gasteiger partial charge in [0.25, 0.3) is 0 Å². The van der Waals surface area contributed by atoms with Crippen LogP contribution in [-0.2, 0) is 32.6 Å². The Bertz CT molecular complexity index is 1370. The molecule has 3 rings (SSSR count). The molecule has 0 saturated heterocycles. The van der Waals surface area contributed by atoms with Gasteiger partial charge in [0.15, 0.2) is 0 Å². The monoisotopic (exact) mass is 725 g/mol. The first kappa shape index (κ1) is 31.1. The van der Waals surface area contributed by atoms with Crippen LogP contribution in [0.1, 0.15) is 31.4 Å². The fourth-order valence-electron chi connectivity index (χ4n) is 4.05. The third kappa shape index (κ3) is 9.32. The molecule has 0 aliphatic rings. The van der Waals surface area contributed by atoms with E-state index in [9.17, 15) is 18.0 Å². The van der Waals surface area contributed by atoms with Gasteiger partial charge in [0.2, 0.25) is 21.8 Å². The lowest BCUT2D eigenvalue weighted by atomic mass is 10.0. The number of amides is 2. The van der Waals surface area contributed by atoms with Crippen molar-refractivity contribution in [1.82, 2.24) is 10.2 Å². The second-order valence-electron chi connectivity index (χ2n) is 9.42. The number of rotatable bonds is 12. The molecule has 7 nitrogen and oxygen atoms in total. The molecule has 0 bridgehead atoms. The maximum Gasteiger partial charge on any atom is 0.244 e. The maximum atomic E-state index is 14.0. The van der Waals surface area contributed by atoms with E-state index in [1.807, 2.05) is 68.4 Å². The van der Waals surface area contributed by atoms with Crippen molar-refractivity contribution in [3.63, 3.8) is 0 Å². The second-order valence-corrected chi connectivity index (χ2v) is 13.5. The van der Waals surface area contributed by atoms with Gasteiger partial charge in [-0.2, -0.15) is 0 Å². The molecule has 2 atom stereocenters. The highest BCUT2D eigenvalue weighted by Gasteiger charge is 2.33. The number of nitrogens with one attached hydrogen (secondary N) is 1. The lowest BCUT2D eigenvalue weighted by molar-refractivity contribution is -0.140. The topological polar surface area (TPSA) is 86.8 Å². The van der Waals surface area contributed by atoms with E-state index in [1.165, 1.54) is 4.90 Å². The van der Waals surface area contributed by atoms with Crippen molar-refractivity contribution >= 4 is 66.0 Å². The van der Waals surface area contributed by atoms with E-state index < -0.39 is 28.5 Å². The van der Waals surface area contributed by atoms with E-state index in [1.54, 1.807) is 24.3 Å². The Morgan fingerprint density at radius 2 is 1.62 bits per heavy atom. The molecule has 0 radical (unpaired) electrons. The van der Waals surface area contributed by atoms with Gasteiger partial charge in [0.1, 0.15) is 12.6 Å². The number of nitrogens with zero attached hydrogens (tertiary/aromatic N) is 2. The third-order valence-electron chi connectivity index (χ3n) is 6.31. The van der Waals surface area contributed by atoms with Gasteiger partial charge in [0.05, 0.1) is 11.9 Å². The number of anilines is 1. The minimum absolute atomic E-state index is 0.0853. The molecule has 3 aromatic carbocycles. The van der Waals surface area contributed by atoms with Crippen molar-refractivity contribution in [3.8, 4) is 0 Å². The molecule has 10 heteroatoms. The zero-order valence-corrected chi connectivity index (χ0v) is 26.7. The predicted molar refractivity (Wildman–Crippen MR) is 168 cm³/mol. The molecule has 0 unspecified atom stereocenters. The first-order valence-corrected chi connectivity index (χ1v) is 16.3. The molecule has 0 aliphatic carbocycles. The van der Waals surface area contributed by atoms with Crippen LogP contribution < -0.4 is 9.62 Å². The fraction of sp³-hybridized carbons (Fsp3) is 0.310. The van der Waals surface area contributed by atoms with Gasteiger partial charge in [-0.3, -0.25) is 13.9 Å². The summed E-state index contributed by atoms with van der Waals surface area (Å²) in [6.07, 6.45) is 2.09. The van der Waals surface area contributed by atoms with Gasteiger partial charge in [-0.25, -0.2) is 8.42 Å². The molecule has 0 fully saturated rings.